The van der Waals surface area contributed by atoms with Crippen molar-refractivity contribution < 1.29 is 14.6 Å². The van der Waals surface area contributed by atoms with Gasteiger partial charge in [-0.2, -0.15) is 0 Å². The summed E-state index contributed by atoms with van der Waals surface area (Å²) in [7, 11) is 0. The summed E-state index contributed by atoms with van der Waals surface area (Å²) in [6.07, 6.45) is 2.14. The quantitative estimate of drug-likeness (QED) is 0.861. The van der Waals surface area contributed by atoms with Crippen molar-refractivity contribution in [1.82, 2.24) is 0 Å². The zero-order valence-electron chi connectivity index (χ0n) is 11.1. The van der Waals surface area contributed by atoms with E-state index in [1.807, 2.05) is 24.3 Å². The molecule has 0 atom stereocenters. The fourth-order valence-electron chi connectivity index (χ4n) is 1.88. The Morgan fingerprint density at radius 3 is 2.35 bits per heavy atom. The molecule has 0 bridgehead atoms. The Labute approximate surface area is 122 Å². The van der Waals surface area contributed by atoms with E-state index in [0.717, 1.165) is 12.8 Å². The van der Waals surface area contributed by atoms with E-state index in [1.54, 1.807) is 6.07 Å². The molecular weight excluding hydrogens is 276 g/mol. The van der Waals surface area contributed by atoms with Crippen molar-refractivity contribution >= 4 is 17.6 Å². The second kappa shape index (κ2) is 6.44. The average molecular weight is 291 g/mol. The van der Waals surface area contributed by atoms with Gasteiger partial charge in [0.05, 0.1) is 10.6 Å². The van der Waals surface area contributed by atoms with Crippen molar-refractivity contribution in [1.29, 1.82) is 0 Å². The van der Waals surface area contributed by atoms with E-state index in [0.29, 0.717) is 11.5 Å². The molecule has 0 radical (unpaired) electrons. The summed E-state index contributed by atoms with van der Waals surface area (Å²) >= 11 is 5.90. The highest BCUT2D eigenvalue weighted by Gasteiger charge is 2.09. The number of benzene rings is 2. The third-order valence-corrected chi connectivity index (χ3v) is 3.18. The standard InChI is InChI=1S/C16H15ClO3/c1-2-3-11-4-6-12(7-5-11)20-13-8-9-14(16(18)19)15(17)10-13/h4-10H,2-3H2,1H3,(H,18,19). The van der Waals surface area contributed by atoms with E-state index >= 15 is 0 Å². The van der Waals surface area contributed by atoms with Crippen LogP contribution in [0.3, 0.4) is 0 Å². The molecular formula is C16H15ClO3. The second-order valence-electron chi connectivity index (χ2n) is 4.44. The van der Waals surface area contributed by atoms with Gasteiger partial charge in [-0.3, -0.25) is 0 Å². The van der Waals surface area contributed by atoms with Crippen molar-refractivity contribution in [2.24, 2.45) is 0 Å². The minimum absolute atomic E-state index is 0.0670. The zero-order chi connectivity index (χ0) is 14.5. The summed E-state index contributed by atoms with van der Waals surface area (Å²) in [5, 5.41) is 9.07. The summed E-state index contributed by atoms with van der Waals surface area (Å²) in [4.78, 5) is 10.9. The highest BCUT2D eigenvalue weighted by atomic mass is 35.5. The van der Waals surface area contributed by atoms with Crippen LogP contribution < -0.4 is 4.74 Å². The third kappa shape index (κ3) is 3.52. The molecule has 0 saturated carbocycles. The van der Waals surface area contributed by atoms with E-state index in [1.165, 1.54) is 17.7 Å². The number of carboxylic acids is 1. The van der Waals surface area contributed by atoms with Gasteiger partial charge >= 0.3 is 5.97 Å². The van der Waals surface area contributed by atoms with E-state index in [-0.39, 0.29) is 10.6 Å². The lowest BCUT2D eigenvalue weighted by Gasteiger charge is -2.08. The summed E-state index contributed by atoms with van der Waals surface area (Å²) in [5.41, 5.74) is 1.33. The largest absolute Gasteiger partial charge is 0.478 e. The molecule has 0 aliphatic heterocycles. The molecule has 0 amide bonds. The fourth-order valence-corrected chi connectivity index (χ4v) is 2.13. The topological polar surface area (TPSA) is 46.5 Å². The minimum Gasteiger partial charge on any atom is -0.478 e. The molecule has 20 heavy (non-hydrogen) atoms. The molecule has 0 aromatic heterocycles. The Morgan fingerprint density at radius 1 is 1.15 bits per heavy atom. The SMILES string of the molecule is CCCc1ccc(Oc2ccc(C(=O)O)c(Cl)c2)cc1. The molecule has 4 heteroatoms. The molecule has 2 rings (SSSR count). The lowest BCUT2D eigenvalue weighted by molar-refractivity contribution is 0.0697. The normalized spacial score (nSPS) is 10.3. The van der Waals surface area contributed by atoms with Gasteiger partial charge < -0.3 is 9.84 Å². The van der Waals surface area contributed by atoms with Crippen LogP contribution in [0.4, 0.5) is 0 Å². The first-order chi connectivity index (χ1) is 9.60. The predicted octanol–water partition coefficient (Wildman–Crippen LogP) is 4.78. The molecule has 2 aromatic rings. The monoisotopic (exact) mass is 290 g/mol. The Hall–Kier alpha value is -2.00. The number of rotatable bonds is 5. The molecule has 0 heterocycles. The number of hydrogen-bond acceptors (Lipinski definition) is 2. The van der Waals surface area contributed by atoms with Gasteiger partial charge in [0.15, 0.2) is 0 Å². The fraction of sp³-hybridized carbons (Fsp3) is 0.188. The molecule has 104 valence electrons. The highest BCUT2D eigenvalue weighted by molar-refractivity contribution is 6.33. The van der Waals surface area contributed by atoms with Crippen LogP contribution in [0, 0.1) is 0 Å². The maximum absolute atomic E-state index is 10.9. The van der Waals surface area contributed by atoms with Gasteiger partial charge in [0.25, 0.3) is 0 Å². The Morgan fingerprint density at radius 2 is 1.80 bits per heavy atom. The summed E-state index contributed by atoms with van der Waals surface area (Å²) in [5.74, 6) is 0.165. The Kier molecular flexibility index (Phi) is 4.64. The number of aromatic carboxylic acids is 1. The summed E-state index contributed by atoms with van der Waals surface area (Å²) < 4.78 is 5.65. The maximum Gasteiger partial charge on any atom is 0.337 e. The Bertz CT molecular complexity index is 606. The van der Waals surface area contributed by atoms with Crippen LogP contribution in [0.15, 0.2) is 42.5 Å². The van der Waals surface area contributed by atoms with Gasteiger partial charge in [-0.05, 0) is 36.2 Å². The average Bonchev–Trinajstić information content (AvgIpc) is 2.41. The lowest BCUT2D eigenvalue weighted by atomic mass is 10.1. The first-order valence-corrected chi connectivity index (χ1v) is 6.77. The van der Waals surface area contributed by atoms with Crippen molar-refractivity contribution in [3.63, 3.8) is 0 Å². The molecule has 2 aromatic carbocycles. The number of carboxylic acid groups (broad SMARTS) is 1. The third-order valence-electron chi connectivity index (χ3n) is 2.87. The van der Waals surface area contributed by atoms with E-state index in [4.69, 9.17) is 21.4 Å². The first kappa shape index (κ1) is 14.4. The van der Waals surface area contributed by atoms with Crippen molar-refractivity contribution in [3.8, 4) is 11.5 Å². The van der Waals surface area contributed by atoms with Crippen molar-refractivity contribution in [2.45, 2.75) is 19.8 Å². The van der Waals surface area contributed by atoms with Gasteiger partial charge in [-0.25, -0.2) is 4.79 Å². The van der Waals surface area contributed by atoms with Crippen LogP contribution in [0.25, 0.3) is 0 Å². The van der Waals surface area contributed by atoms with Gasteiger partial charge in [-0.15, -0.1) is 0 Å². The van der Waals surface area contributed by atoms with Gasteiger partial charge in [0, 0.05) is 6.07 Å². The minimum atomic E-state index is -1.05. The van der Waals surface area contributed by atoms with Crippen LogP contribution in [0.2, 0.25) is 5.02 Å². The van der Waals surface area contributed by atoms with Gasteiger partial charge in [-0.1, -0.05) is 37.1 Å². The van der Waals surface area contributed by atoms with Crippen LogP contribution in [0.5, 0.6) is 11.5 Å². The van der Waals surface area contributed by atoms with Crippen molar-refractivity contribution in [2.75, 3.05) is 0 Å². The van der Waals surface area contributed by atoms with Gasteiger partial charge in [0.1, 0.15) is 11.5 Å². The number of carbonyl (C=O) groups is 1. The molecule has 0 spiro atoms. The second-order valence-corrected chi connectivity index (χ2v) is 4.85. The molecule has 3 nitrogen and oxygen atoms in total. The van der Waals surface area contributed by atoms with Crippen LogP contribution >= 0.6 is 11.6 Å². The van der Waals surface area contributed by atoms with E-state index in [9.17, 15) is 4.79 Å². The van der Waals surface area contributed by atoms with Crippen LogP contribution in [0.1, 0.15) is 29.3 Å². The Balaban J connectivity index is 2.13. The van der Waals surface area contributed by atoms with Crippen molar-refractivity contribution in [3.05, 3.63) is 58.6 Å². The lowest BCUT2D eigenvalue weighted by Crippen LogP contribution is -1.97. The molecule has 0 unspecified atom stereocenters. The maximum atomic E-state index is 10.9. The highest BCUT2D eigenvalue weighted by Crippen LogP contribution is 2.27. The number of hydrogen-bond donors (Lipinski definition) is 1. The molecule has 1 N–H and O–H groups in total. The molecule has 0 saturated heterocycles. The van der Waals surface area contributed by atoms with E-state index in [2.05, 4.69) is 6.92 Å². The van der Waals surface area contributed by atoms with Crippen LogP contribution in [-0.2, 0) is 6.42 Å². The first-order valence-electron chi connectivity index (χ1n) is 6.40. The number of halogens is 1. The summed E-state index contributed by atoms with van der Waals surface area (Å²) in [6, 6.07) is 12.4. The summed E-state index contributed by atoms with van der Waals surface area (Å²) in [6.45, 7) is 2.14. The molecule has 0 aliphatic carbocycles. The predicted molar refractivity (Wildman–Crippen MR) is 78.9 cm³/mol. The van der Waals surface area contributed by atoms with Crippen LogP contribution in [-0.4, -0.2) is 11.1 Å². The molecule has 0 fully saturated rings. The smallest absolute Gasteiger partial charge is 0.337 e. The molecule has 0 aliphatic rings. The number of ether oxygens (including phenoxy) is 1. The van der Waals surface area contributed by atoms with E-state index < -0.39 is 5.97 Å². The zero-order valence-corrected chi connectivity index (χ0v) is 11.9. The van der Waals surface area contributed by atoms with Gasteiger partial charge in [0.2, 0.25) is 0 Å². The number of aryl methyl sites for hydroxylation is 1.